The zero-order valence-electron chi connectivity index (χ0n) is 18.9. The van der Waals surface area contributed by atoms with Crippen LogP contribution in [0.1, 0.15) is 22.9 Å². The minimum absolute atomic E-state index is 0.0385. The van der Waals surface area contributed by atoms with E-state index >= 15 is 0 Å². The van der Waals surface area contributed by atoms with Gasteiger partial charge in [0.05, 0.1) is 18.4 Å². The van der Waals surface area contributed by atoms with Crippen LogP contribution in [0.5, 0.6) is 5.75 Å². The number of ether oxygens (including phenoxy) is 1. The van der Waals surface area contributed by atoms with Crippen LogP contribution in [0.3, 0.4) is 0 Å². The second-order valence-corrected chi connectivity index (χ2v) is 9.15. The molecule has 1 fully saturated rings. The summed E-state index contributed by atoms with van der Waals surface area (Å²) >= 11 is 3.38. The summed E-state index contributed by atoms with van der Waals surface area (Å²) < 4.78 is 6.19. The van der Waals surface area contributed by atoms with Gasteiger partial charge in [-0.05, 0) is 54.4 Å². The van der Waals surface area contributed by atoms with Crippen LogP contribution >= 0.6 is 15.9 Å². The van der Waals surface area contributed by atoms with Crippen molar-refractivity contribution in [3.8, 4) is 5.75 Å². The molecule has 0 aliphatic carbocycles. The standard InChI is InChI=1S/C27H22BrN3O4/c1-35-19-9-10-21-20(14-19)17(15-30-21)11-13-31-24(22-4-2-3-12-29-22)23(26(33)27(31)34)25(32)16-5-7-18(28)8-6-16/h2-10,12,14-15,24,30,32H,11,13H2,1H3/t24-/m1/s1. The summed E-state index contributed by atoms with van der Waals surface area (Å²) in [5.41, 5.74) is 2.96. The van der Waals surface area contributed by atoms with E-state index < -0.39 is 17.7 Å². The molecule has 4 aromatic rings. The molecule has 1 atom stereocenters. The number of pyridine rings is 1. The van der Waals surface area contributed by atoms with Crippen LogP contribution in [-0.2, 0) is 16.0 Å². The van der Waals surface area contributed by atoms with Gasteiger partial charge in [0.25, 0.3) is 11.7 Å². The van der Waals surface area contributed by atoms with Crippen LogP contribution in [0.2, 0.25) is 0 Å². The van der Waals surface area contributed by atoms with Gasteiger partial charge in [0, 0.05) is 39.9 Å². The Morgan fingerprint density at radius 1 is 1.14 bits per heavy atom. The molecule has 2 aromatic carbocycles. The fourth-order valence-electron chi connectivity index (χ4n) is 4.45. The lowest BCUT2D eigenvalue weighted by molar-refractivity contribution is -0.139. The summed E-state index contributed by atoms with van der Waals surface area (Å²) in [5.74, 6) is -0.856. The van der Waals surface area contributed by atoms with Gasteiger partial charge in [0.15, 0.2) is 0 Å². The number of hydrogen-bond donors (Lipinski definition) is 2. The molecule has 1 saturated heterocycles. The maximum atomic E-state index is 13.2. The Kier molecular flexibility index (Phi) is 6.13. The molecule has 176 valence electrons. The average Bonchev–Trinajstić information content (AvgIpc) is 3.40. The first-order valence-electron chi connectivity index (χ1n) is 11.1. The third kappa shape index (κ3) is 4.21. The van der Waals surface area contributed by atoms with Gasteiger partial charge in [-0.15, -0.1) is 0 Å². The Morgan fingerprint density at radius 3 is 2.66 bits per heavy atom. The Bertz CT molecular complexity index is 1440. The highest BCUT2D eigenvalue weighted by molar-refractivity contribution is 9.10. The Balaban J connectivity index is 1.54. The number of rotatable bonds is 6. The molecule has 8 heteroatoms. The molecule has 5 rings (SSSR count). The van der Waals surface area contributed by atoms with Crippen LogP contribution in [0.15, 0.2) is 83.1 Å². The van der Waals surface area contributed by atoms with Gasteiger partial charge < -0.3 is 19.7 Å². The highest BCUT2D eigenvalue weighted by atomic mass is 79.9. The van der Waals surface area contributed by atoms with Crippen molar-refractivity contribution in [1.82, 2.24) is 14.9 Å². The first-order chi connectivity index (χ1) is 17.0. The lowest BCUT2D eigenvalue weighted by Gasteiger charge is -2.24. The number of nitrogens with zero attached hydrogens (tertiary/aromatic N) is 2. The number of hydrogen-bond acceptors (Lipinski definition) is 5. The Morgan fingerprint density at radius 2 is 1.94 bits per heavy atom. The molecule has 1 amide bonds. The van der Waals surface area contributed by atoms with E-state index in [4.69, 9.17) is 4.74 Å². The van der Waals surface area contributed by atoms with Crippen molar-refractivity contribution in [1.29, 1.82) is 0 Å². The fourth-order valence-corrected chi connectivity index (χ4v) is 4.72. The smallest absolute Gasteiger partial charge is 0.295 e. The molecule has 1 aliphatic rings. The molecule has 0 radical (unpaired) electrons. The normalized spacial score (nSPS) is 17.3. The average molecular weight is 532 g/mol. The summed E-state index contributed by atoms with van der Waals surface area (Å²) in [5, 5.41) is 12.1. The SMILES string of the molecule is COc1ccc2[nH]cc(CCN3C(=O)C(=O)C(=C(O)c4ccc(Br)cc4)[C@H]3c3ccccn3)c2c1. The molecule has 3 heterocycles. The lowest BCUT2D eigenvalue weighted by atomic mass is 9.98. The van der Waals surface area contributed by atoms with E-state index in [1.165, 1.54) is 4.90 Å². The number of amides is 1. The second kappa shape index (κ2) is 9.38. The molecular weight excluding hydrogens is 510 g/mol. The van der Waals surface area contributed by atoms with Gasteiger partial charge in [-0.25, -0.2) is 0 Å². The van der Waals surface area contributed by atoms with Gasteiger partial charge in [-0.2, -0.15) is 0 Å². The number of likely N-dealkylation sites (tertiary alicyclic amines) is 1. The highest BCUT2D eigenvalue weighted by Gasteiger charge is 2.46. The lowest BCUT2D eigenvalue weighted by Crippen LogP contribution is -2.32. The molecule has 0 bridgehead atoms. The maximum absolute atomic E-state index is 13.2. The molecule has 7 nitrogen and oxygen atoms in total. The third-order valence-electron chi connectivity index (χ3n) is 6.22. The van der Waals surface area contributed by atoms with Crippen LogP contribution < -0.4 is 4.74 Å². The Labute approximate surface area is 210 Å². The van der Waals surface area contributed by atoms with E-state index in [1.807, 2.05) is 24.4 Å². The topological polar surface area (TPSA) is 95.5 Å². The molecule has 0 spiro atoms. The number of methoxy groups -OCH3 is 1. The van der Waals surface area contributed by atoms with Gasteiger partial charge >= 0.3 is 0 Å². The molecule has 2 aromatic heterocycles. The van der Waals surface area contributed by atoms with Crippen LogP contribution in [0, 0.1) is 0 Å². The van der Waals surface area contributed by atoms with E-state index in [1.54, 1.807) is 55.8 Å². The monoisotopic (exact) mass is 531 g/mol. The number of aromatic amines is 1. The first kappa shape index (κ1) is 22.9. The number of ketones is 1. The van der Waals surface area contributed by atoms with Crippen LogP contribution in [0.4, 0.5) is 0 Å². The van der Waals surface area contributed by atoms with E-state index in [0.29, 0.717) is 17.7 Å². The summed E-state index contributed by atoms with van der Waals surface area (Å²) in [4.78, 5) is 35.5. The molecule has 0 unspecified atom stereocenters. The van der Waals surface area contributed by atoms with Crippen molar-refractivity contribution in [3.05, 3.63) is 99.9 Å². The summed E-state index contributed by atoms with van der Waals surface area (Å²) in [7, 11) is 1.62. The van der Waals surface area contributed by atoms with Crippen molar-refractivity contribution in [2.24, 2.45) is 0 Å². The number of H-pyrrole nitrogens is 1. The van der Waals surface area contributed by atoms with Crippen molar-refractivity contribution in [2.75, 3.05) is 13.7 Å². The molecule has 0 saturated carbocycles. The first-order valence-corrected chi connectivity index (χ1v) is 11.9. The second-order valence-electron chi connectivity index (χ2n) is 8.23. The zero-order chi connectivity index (χ0) is 24.5. The fraction of sp³-hybridized carbons (Fsp3) is 0.148. The van der Waals surface area contributed by atoms with E-state index in [-0.39, 0.29) is 17.9 Å². The largest absolute Gasteiger partial charge is 0.507 e. The van der Waals surface area contributed by atoms with Crippen molar-refractivity contribution in [3.63, 3.8) is 0 Å². The van der Waals surface area contributed by atoms with E-state index in [2.05, 4.69) is 25.9 Å². The molecular formula is C27H22BrN3O4. The number of carbonyl (C=O) groups is 2. The van der Waals surface area contributed by atoms with Crippen molar-refractivity contribution in [2.45, 2.75) is 12.5 Å². The van der Waals surface area contributed by atoms with Crippen LogP contribution in [0.25, 0.3) is 16.7 Å². The predicted molar refractivity (Wildman–Crippen MR) is 136 cm³/mol. The highest BCUT2D eigenvalue weighted by Crippen LogP contribution is 2.39. The summed E-state index contributed by atoms with van der Waals surface area (Å²) in [6, 6.07) is 17.2. The van der Waals surface area contributed by atoms with E-state index in [9.17, 15) is 14.7 Å². The quantitative estimate of drug-likeness (QED) is 0.207. The van der Waals surface area contributed by atoms with Crippen molar-refractivity contribution < 1.29 is 19.4 Å². The molecule has 35 heavy (non-hydrogen) atoms. The van der Waals surface area contributed by atoms with Gasteiger partial charge in [-0.3, -0.25) is 14.6 Å². The molecule has 1 aliphatic heterocycles. The Hall–Kier alpha value is -3.91. The number of aliphatic hydroxyl groups is 1. The number of halogens is 1. The van der Waals surface area contributed by atoms with Gasteiger partial charge in [0.1, 0.15) is 17.6 Å². The third-order valence-corrected chi connectivity index (χ3v) is 6.75. The number of benzene rings is 2. The van der Waals surface area contributed by atoms with Crippen molar-refractivity contribution >= 4 is 44.3 Å². The van der Waals surface area contributed by atoms with Crippen LogP contribution in [-0.4, -0.2) is 45.3 Å². The van der Waals surface area contributed by atoms with Gasteiger partial charge in [0.2, 0.25) is 0 Å². The zero-order valence-corrected chi connectivity index (χ0v) is 20.5. The minimum Gasteiger partial charge on any atom is -0.507 e. The number of fused-ring (bicyclic) bond motifs is 1. The predicted octanol–water partition coefficient (Wildman–Crippen LogP) is 5.00. The minimum atomic E-state index is -0.792. The van der Waals surface area contributed by atoms with Gasteiger partial charge in [-0.1, -0.05) is 34.1 Å². The molecule has 2 N–H and O–H groups in total. The van der Waals surface area contributed by atoms with E-state index in [0.717, 1.165) is 26.7 Å². The maximum Gasteiger partial charge on any atom is 0.295 e. The number of Topliss-reactive ketones (excluding diaryl/α,β-unsaturated/α-hetero) is 1. The number of nitrogens with one attached hydrogen (secondary N) is 1. The number of aliphatic hydroxyl groups excluding tert-OH is 1. The summed E-state index contributed by atoms with van der Waals surface area (Å²) in [6.45, 7) is 0.271. The summed E-state index contributed by atoms with van der Waals surface area (Å²) in [6.07, 6.45) is 4.02. The number of aromatic nitrogens is 2. The number of carbonyl (C=O) groups excluding carboxylic acids is 2.